The van der Waals surface area contributed by atoms with Crippen LogP contribution in [0, 0.1) is 6.92 Å². The molecule has 184 valence electrons. The molecule has 1 amide bonds. The molecule has 3 rings (SSSR count). The molecule has 0 saturated carbocycles. The summed E-state index contributed by atoms with van der Waals surface area (Å²) in [5.74, 6) is 0.688. The Morgan fingerprint density at radius 1 is 1.35 bits per heavy atom. The molecule has 1 atom stereocenters. The van der Waals surface area contributed by atoms with E-state index in [0.29, 0.717) is 47.2 Å². The summed E-state index contributed by atoms with van der Waals surface area (Å²) in [6.45, 7) is 4.73. The van der Waals surface area contributed by atoms with Crippen LogP contribution in [0.2, 0.25) is 5.02 Å². The van der Waals surface area contributed by atoms with Crippen LogP contribution in [0.15, 0.2) is 24.3 Å². The standard InChI is InChI=1S/C26H33ClN2O5/c1-17-19(12-18-7-8-22(26(31)28-2)23(13-18)32-4)14-20(16-30)25(24(17)27)34-11-9-29(3)15-21-6-5-10-33-21/h7-8,13-14,16,21H,5-6,9-12,15H2,1-4H3,(H,28,31). The minimum Gasteiger partial charge on any atom is -0.496 e. The topological polar surface area (TPSA) is 77.1 Å². The van der Waals surface area contributed by atoms with Gasteiger partial charge in [0.25, 0.3) is 5.91 Å². The van der Waals surface area contributed by atoms with E-state index in [1.807, 2.05) is 32.2 Å². The number of nitrogens with one attached hydrogen (secondary N) is 1. The molecule has 0 aromatic heterocycles. The maximum absolute atomic E-state index is 12.0. The SMILES string of the molecule is CNC(=O)c1ccc(Cc2cc(C=O)c(OCCN(C)CC3CCCO3)c(Cl)c2C)cc1OC. The molecule has 2 aromatic carbocycles. The van der Waals surface area contributed by atoms with Gasteiger partial charge in [-0.05, 0) is 68.1 Å². The molecule has 0 aliphatic carbocycles. The van der Waals surface area contributed by atoms with Gasteiger partial charge in [-0.1, -0.05) is 17.7 Å². The van der Waals surface area contributed by atoms with E-state index in [2.05, 4.69) is 10.2 Å². The Labute approximate surface area is 206 Å². The van der Waals surface area contributed by atoms with Crippen molar-refractivity contribution in [2.75, 3.05) is 47.5 Å². The Bertz CT molecular complexity index is 1020. The highest BCUT2D eigenvalue weighted by Gasteiger charge is 2.19. The van der Waals surface area contributed by atoms with Gasteiger partial charge in [-0.2, -0.15) is 0 Å². The molecule has 1 fully saturated rings. The number of rotatable bonds is 11. The molecule has 0 bridgehead atoms. The second-order valence-corrected chi connectivity index (χ2v) is 8.93. The highest BCUT2D eigenvalue weighted by molar-refractivity contribution is 6.33. The fraction of sp³-hybridized carbons (Fsp3) is 0.462. The fourth-order valence-electron chi connectivity index (χ4n) is 4.14. The number of carbonyl (C=O) groups excluding carboxylic acids is 2. The molecule has 8 heteroatoms. The first-order valence-electron chi connectivity index (χ1n) is 11.5. The second-order valence-electron chi connectivity index (χ2n) is 8.55. The highest BCUT2D eigenvalue weighted by atomic mass is 35.5. The number of hydrogen-bond acceptors (Lipinski definition) is 6. The van der Waals surface area contributed by atoms with Crippen molar-refractivity contribution in [3.63, 3.8) is 0 Å². The lowest BCUT2D eigenvalue weighted by molar-refractivity contribution is 0.0771. The third kappa shape index (κ3) is 6.29. The van der Waals surface area contributed by atoms with Crippen molar-refractivity contribution in [1.29, 1.82) is 0 Å². The van der Waals surface area contributed by atoms with E-state index in [-0.39, 0.29) is 12.0 Å². The molecule has 1 N–H and O–H groups in total. The van der Waals surface area contributed by atoms with Gasteiger partial charge in [-0.3, -0.25) is 9.59 Å². The zero-order valence-corrected chi connectivity index (χ0v) is 21.0. The molecular weight excluding hydrogens is 456 g/mol. The summed E-state index contributed by atoms with van der Waals surface area (Å²) >= 11 is 6.65. The van der Waals surface area contributed by atoms with Crippen molar-refractivity contribution >= 4 is 23.8 Å². The zero-order valence-electron chi connectivity index (χ0n) is 20.3. The summed E-state index contributed by atoms with van der Waals surface area (Å²) in [7, 11) is 5.14. The Kier molecular flexibility index (Phi) is 9.33. The van der Waals surface area contributed by atoms with Crippen LogP contribution in [0.5, 0.6) is 11.5 Å². The van der Waals surface area contributed by atoms with E-state index >= 15 is 0 Å². The Hall–Kier alpha value is -2.61. The lowest BCUT2D eigenvalue weighted by Gasteiger charge is -2.21. The molecule has 1 aliphatic heterocycles. The number of benzene rings is 2. The van der Waals surface area contributed by atoms with E-state index in [1.54, 1.807) is 13.1 Å². The van der Waals surface area contributed by atoms with Gasteiger partial charge in [0, 0.05) is 26.7 Å². The average molecular weight is 489 g/mol. The van der Waals surface area contributed by atoms with Crippen LogP contribution in [-0.4, -0.2) is 70.7 Å². The first-order chi connectivity index (χ1) is 16.4. The third-order valence-corrected chi connectivity index (χ3v) is 6.58. The number of likely N-dealkylation sites (N-methyl/N-ethyl adjacent to an activating group) is 1. The van der Waals surface area contributed by atoms with Crippen molar-refractivity contribution in [3.05, 3.63) is 57.1 Å². The monoisotopic (exact) mass is 488 g/mol. The van der Waals surface area contributed by atoms with Crippen molar-refractivity contribution in [2.24, 2.45) is 0 Å². The minimum absolute atomic E-state index is 0.214. The maximum Gasteiger partial charge on any atom is 0.254 e. The quantitative estimate of drug-likeness (QED) is 0.483. The van der Waals surface area contributed by atoms with Crippen molar-refractivity contribution in [2.45, 2.75) is 32.3 Å². The molecule has 1 saturated heterocycles. The number of carbonyl (C=O) groups is 2. The average Bonchev–Trinajstić information content (AvgIpc) is 3.35. The smallest absolute Gasteiger partial charge is 0.254 e. The maximum atomic E-state index is 12.0. The van der Waals surface area contributed by atoms with Gasteiger partial charge in [0.2, 0.25) is 0 Å². The molecule has 7 nitrogen and oxygen atoms in total. The van der Waals surface area contributed by atoms with Crippen LogP contribution in [-0.2, 0) is 11.2 Å². The number of halogens is 1. The predicted molar refractivity (Wildman–Crippen MR) is 133 cm³/mol. The lowest BCUT2D eigenvalue weighted by Crippen LogP contribution is -2.32. The minimum atomic E-state index is -0.214. The van der Waals surface area contributed by atoms with Crippen molar-refractivity contribution in [3.8, 4) is 11.5 Å². The Balaban J connectivity index is 1.72. The fourth-order valence-corrected chi connectivity index (χ4v) is 4.42. The number of methoxy groups -OCH3 is 1. The molecule has 1 unspecified atom stereocenters. The van der Waals surface area contributed by atoms with E-state index in [0.717, 1.165) is 49.0 Å². The van der Waals surface area contributed by atoms with Crippen LogP contribution in [0.3, 0.4) is 0 Å². The summed E-state index contributed by atoms with van der Waals surface area (Å²) in [5.41, 5.74) is 3.57. The predicted octanol–water partition coefficient (Wildman–Crippen LogP) is 3.91. The van der Waals surface area contributed by atoms with E-state index in [1.165, 1.54) is 7.11 Å². The van der Waals surface area contributed by atoms with Crippen LogP contribution < -0.4 is 14.8 Å². The van der Waals surface area contributed by atoms with Crippen molar-refractivity contribution < 1.29 is 23.8 Å². The zero-order chi connectivity index (χ0) is 24.7. The van der Waals surface area contributed by atoms with E-state index in [9.17, 15) is 9.59 Å². The van der Waals surface area contributed by atoms with Gasteiger partial charge in [0.15, 0.2) is 6.29 Å². The molecule has 34 heavy (non-hydrogen) atoms. The summed E-state index contributed by atoms with van der Waals surface area (Å²) < 4.78 is 17.0. The normalized spacial score (nSPS) is 15.4. The van der Waals surface area contributed by atoms with Gasteiger partial charge in [0.05, 0.1) is 29.4 Å². The van der Waals surface area contributed by atoms with Gasteiger partial charge in [-0.15, -0.1) is 0 Å². The highest BCUT2D eigenvalue weighted by Crippen LogP contribution is 2.35. The molecule has 0 spiro atoms. The third-order valence-electron chi connectivity index (χ3n) is 6.12. The number of amides is 1. The molecule has 0 radical (unpaired) electrons. The number of aldehydes is 1. The lowest BCUT2D eigenvalue weighted by atomic mass is 9.96. The van der Waals surface area contributed by atoms with Gasteiger partial charge in [-0.25, -0.2) is 0 Å². The molecule has 1 aliphatic rings. The van der Waals surface area contributed by atoms with E-state index in [4.69, 9.17) is 25.8 Å². The molecular formula is C26H33ClN2O5. The van der Waals surface area contributed by atoms with Crippen molar-refractivity contribution in [1.82, 2.24) is 10.2 Å². The van der Waals surface area contributed by atoms with Gasteiger partial charge >= 0.3 is 0 Å². The molecule has 2 aromatic rings. The van der Waals surface area contributed by atoms with Gasteiger partial charge < -0.3 is 24.4 Å². The summed E-state index contributed by atoms with van der Waals surface area (Å²) in [6.07, 6.45) is 3.79. The summed E-state index contributed by atoms with van der Waals surface area (Å²) in [4.78, 5) is 26.0. The second kappa shape index (κ2) is 12.2. The van der Waals surface area contributed by atoms with Crippen LogP contribution in [0.4, 0.5) is 0 Å². The first kappa shape index (κ1) is 26.0. The van der Waals surface area contributed by atoms with Crippen LogP contribution >= 0.6 is 11.6 Å². The summed E-state index contributed by atoms with van der Waals surface area (Å²) in [6, 6.07) is 7.25. The number of ether oxygens (including phenoxy) is 3. The number of nitrogens with zero attached hydrogens (tertiary/aromatic N) is 1. The van der Waals surface area contributed by atoms with Crippen LogP contribution in [0.1, 0.15) is 50.2 Å². The summed E-state index contributed by atoms with van der Waals surface area (Å²) in [5, 5.41) is 3.05. The first-order valence-corrected chi connectivity index (χ1v) is 11.8. The number of hydrogen-bond donors (Lipinski definition) is 1. The Morgan fingerprint density at radius 3 is 2.79 bits per heavy atom. The molecule has 1 heterocycles. The Morgan fingerprint density at radius 2 is 2.15 bits per heavy atom. The van der Waals surface area contributed by atoms with Crippen LogP contribution in [0.25, 0.3) is 0 Å². The largest absolute Gasteiger partial charge is 0.496 e. The van der Waals surface area contributed by atoms with E-state index < -0.39 is 0 Å². The van der Waals surface area contributed by atoms with Gasteiger partial charge in [0.1, 0.15) is 18.1 Å².